The number of ether oxygens (including phenoxy) is 2. The van der Waals surface area contributed by atoms with E-state index in [0.717, 1.165) is 10.0 Å². The number of rotatable bonds is 9. The maximum atomic E-state index is 13.3. The second kappa shape index (κ2) is 11.3. The second-order valence-electron chi connectivity index (χ2n) is 8.48. The van der Waals surface area contributed by atoms with Gasteiger partial charge in [0.1, 0.15) is 12.4 Å². The molecule has 4 rings (SSSR count). The molecule has 0 saturated carbocycles. The van der Waals surface area contributed by atoms with E-state index in [1.54, 1.807) is 25.1 Å². The number of aromatic nitrogens is 2. The van der Waals surface area contributed by atoms with Crippen molar-refractivity contribution >= 4 is 38.7 Å². The number of benzene rings is 3. The molecule has 10 heteroatoms. The Morgan fingerprint density at radius 3 is 2.57 bits per heavy atom. The molecule has 0 saturated heterocycles. The van der Waals surface area contributed by atoms with Crippen LogP contribution in [-0.2, 0) is 6.61 Å². The van der Waals surface area contributed by atoms with Crippen molar-refractivity contribution in [1.29, 1.82) is 0 Å². The first-order chi connectivity index (χ1) is 17.8. The molecular formula is C27H25BrN4O5. The molecule has 0 fully saturated rings. The van der Waals surface area contributed by atoms with Crippen LogP contribution in [0, 0.1) is 10.1 Å². The first-order valence-electron chi connectivity index (χ1n) is 11.7. The number of hydrogen-bond acceptors (Lipinski definition) is 7. The number of halogens is 1. The van der Waals surface area contributed by atoms with E-state index >= 15 is 0 Å². The van der Waals surface area contributed by atoms with Gasteiger partial charge in [-0.25, -0.2) is 4.98 Å². The van der Waals surface area contributed by atoms with Gasteiger partial charge in [0.05, 0.1) is 28.6 Å². The number of fused-ring (bicyclic) bond motifs is 1. The molecule has 190 valence electrons. The molecule has 9 nitrogen and oxygen atoms in total. The molecule has 0 spiro atoms. The summed E-state index contributed by atoms with van der Waals surface area (Å²) in [6.07, 6.45) is 1.38. The first kappa shape index (κ1) is 26.0. The highest BCUT2D eigenvalue weighted by Crippen LogP contribution is 2.39. The van der Waals surface area contributed by atoms with Crippen molar-refractivity contribution in [1.82, 2.24) is 9.66 Å². The Morgan fingerprint density at radius 2 is 1.89 bits per heavy atom. The van der Waals surface area contributed by atoms with Crippen LogP contribution in [0.3, 0.4) is 0 Å². The monoisotopic (exact) mass is 564 g/mol. The Hall–Kier alpha value is -4.05. The molecule has 4 aromatic rings. The Morgan fingerprint density at radius 1 is 1.14 bits per heavy atom. The summed E-state index contributed by atoms with van der Waals surface area (Å²) in [5, 5.41) is 16.7. The van der Waals surface area contributed by atoms with Crippen LogP contribution in [0.4, 0.5) is 5.69 Å². The fourth-order valence-electron chi connectivity index (χ4n) is 3.73. The van der Waals surface area contributed by atoms with Crippen LogP contribution >= 0.6 is 15.9 Å². The highest BCUT2D eigenvalue weighted by Gasteiger charge is 2.23. The van der Waals surface area contributed by atoms with Crippen molar-refractivity contribution in [2.45, 2.75) is 33.3 Å². The number of nitro groups is 1. The van der Waals surface area contributed by atoms with Gasteiger partial charge in [-0.2, -0.15) is 9.78 Å². The van der Waals surface area contributed by atoms with Gasteiger partial charge in [-0.15, -0.1) is 0 Å². The molecule has 0 amide bonds. The highest BCUT2D eigenvalue weighted by atomic mass is 79.9. The summed E-state index contributed by atoms with van der Waals surface area (Å²) < 4.78 is 13.5. The summed E-state index contributed by atoms with van der Waals surface area (Å²) >= 11 is 3.39. The summed E-state index contributed by atoms with van der Waals surface area (Å²) in [5.41, 5.74) is 1.20. The van der Waals surface area contributed by atoms with Gasteiger partial charge >= 0.3 is 5.69 Å². The fraction of sp³-hybridized carbons (Fsp3) is 0.222. The van der Waals surface area contributed by atoms with E-state index in [-0.39, 0.29) is 41.9 Å². The number of nitrogens with zero attached hydrogens (tertiary/aromatic N) is 4. The predicted octanol–water partition coefficient (Wildman–Crippen LogP) is 6.05. The lowest BCUT2D eigenvalue weighted by molar-refractivity contribution is -0.386. The Labute approximate surface area is 221 Å². The molecule has 0 unspecified atom stereocenters. The predicted molar refractivity (Wildman–Crippen MR) is 146 cm³/mol. The topological polar surface area (TPSA) is 109 Å². The smallest absolute Gasteiger partial charge is 0.315 e. The van der Waals surface area contributed by atoms with Crippen LogP contribution in [-0.4, -0.2) is 27.4 Å². The van der Waals surface area contributed by atoms with E-state index in [9.17, 15) is 14.9 Å². The van der Waals surface area contributed by atoms with Crippen LogP contribution < -0.4 is 15.0 Å². The molecule has 1 aromatic heterocycles. The van der Waals surface area contributed by atoms with Crippen molar-refractivity contribution in [2.75, 3.05) is 6.61 Å². The zero-order valence-corrected chi connectivity index (χ0v) is 22.1. The van der Waals surface area contributed by atoms with Crippen molar-refractivity contribution in [3.05, 3.63) is 103 Å². The molecule has 0 atom stereocenters. The van der Waals surface area contributed by atoms with Crippen LogP contribution in [0.15, 0.2) is 75.0 Å². The Balaban J connectivity index is 1.78. The van der Waals surface area contributed by atoms with Crippen LogP contribution in [0.5, 0.6) is 11.5 Å². The lowest BCUT2D eigenvalue weighted by atomic mass is 10.1. The fourth-order valence-corrected chi connectivity index (χ4v) is 4.09. The van der Waals surface area contributed by atoms with Crippen molar-refractivity contribution < 1.29 is 14.4 Å². The SMILES string of the molecule is CCOc1cc(C=Nn2c(C(C)C)nc3ccc(Br)cc3c2=O)cc([N+](=O)[O-])c1OCc1ccccc1. The Kier molecular flexibility index (Phi) is 7.98. The molecule has 0 aliphatic heterocycles. The summed E-state index contributed by atoms with van der Waals surface area (Å²) in [6, 6.07) is 17.6. The third-order valence-corrected chi connectivity index (χ3v) is 5.95. The lowest BCUT2D eigenvalue weighted by Crippen LogP contribution is -2.23. The molecule has 0 bridgehead atoms. The van der Waals surface area contributed by atoms with Gasteiger partial charge in [-0.1, -0.05) is 60.1 Å². The van der Waals surface area contributed by atoms with Gasteiger partial charge < -0.3 is 9.47 Å². The average molecular weight is 565 g/mol. The molecule has 37 heavy (non-hydrogen) atoms. The quantitative estimate of drug-likeness (QED) is 0.139. The van der Waals surface area contributed by atoms with E-state index in [1.807, 2.05) is 50.2 Å². The minimum absolute atomic E-state index is 0.0325. The maximum absolute atomic E-state index is 13.3. The number of nitro benzene ring substituents is 1. The summed E-state index contributed by atoms with van der Waals surface area (Å²) in [7, 11) is 0. The maximum Gasteiger partial charge on any atom is 0.315 e. The minimum Gasteiger partial charge on any atom is -0.490 e. The highest BCUT2D eigenvalue weighted by molar-refractivity contribution is 9.10. The van der Waals surface area contributed by atoms with E-state index in [0.29, 0.717) is 22.3 Å². The van der Waals surface area contributed by atoms with E-state index in [2.05, 4.69) is 26.0 Å². The second-order valence-corrected chi connectivity index (χ2v) is 9.40. The van der Waals surface area contributed by atoms with Gasteiger partial charge in [0, 0.05) is 22.0 Å². The van der Waals surface area contributed by atoms with Crippen molar-refractivity contribution in [3.63, 3.8) is 0 Å². The lowest BCUT2D eigenvalue weighted by Gasteiger charge is -2.14. The van der Waals surface area contributed by atoms with Gasteiger partial charge in [-0.3, -0.25) is 14.9 Å². The first-order valence-corrected chi connectivity index (χ1v) is 12.5. The van der Waals surface area contributed by atoms with Crippen LogP contribution in [0.2, 0.25) is 0 Å². The van der Waals surface area contributed by atoms with Gasteiger partial charge in [-0.05, 0) is 36.8 Å². The van der Waals surface area contributed by atoms with E-state index in [1.165, 1.54) is 17.0 Å². The molecule has 1 heterocycles. The molecule has 0 N–H and O–H groups in total. The third kappa shape index (κ3) is 5.86. The van der Waals surface area contributed by atoms with Gasteiger partial charge in [0.2, 0.25) is 5.75 Å². The molecule has 0 aliphatic carbocycles. The molecule has 3 aromatic carbocycles. The summed E-state index contributed by atoms with van der Waals surface area (Å²) in [4.78, 5) is 29.3. The summed E-state index contributed by atoms with van der Waals surface area (Å²) in [6.45, 7) is 6.02. The minimum atomic E-state index is -0.527. The van der Waals surface area contributed by atoms with Gasteiger partial charge in [0.25, 0.3) is 5.56 Å². The molecular weight excluding hydrogens is 540 g/mol. The zero-order chi connectivity index (χ0) is 26.5. The number of hydrogen-bond donors (Lipinski definition) is 0. The summed E-state index contributed by atoms with van der Waals surface area (Å²) in [5.74, 6) is 0.620. The Bertz CT molecular complexity index is 1530. The van der Waals surface area contributed by atoms with Crippen LogP contribution in [0.1, 0.15) is 43.6 Å². The van der Waals surface area contributed by atoms with E-state index < -0.39 is 4.92 Å². The largest absolute Gasteiger partial charge is 0.490 e. The van der Waals surface area contributed by atoms with Gasteiger partial charge in [0.15, 0.2) is 5.75 Å². The zero-order valence-electron chi connectivity index (χ0n) is 20.6. The standard InChI is InChI=1S/C27H25BrN4O5/c1-4-36-24-13-19(12-23(32(34)35)25(24)37-16-18-8-6-5-7-9-18)15-29-31-26(17(2)3)30-22-11-10-20(28)14-21(22)27(31)33/h5-15,17H,4,16H2,1-3H3. The van der Waals surface area contributed by atoms with Crippen molar-refractivity contribution in [3.8, 4) is 11.5 Å². The van der Waals surface area contributed by atoms with Crippen molar-refractivity contribution in [2.24, 2.45) is 5.10 Å². The average Bonchev–Trinajstić information content (AvgIpc) is 2.88. The van der Waals surface area contributed by atoms with E-state index in [4.69, 9.17) is 9.47 Å². The third-order valence-electron chi connectivity index (χ3n) is 5.45. The molecule has 0 aliphatic rings. The normalized spacial score (nSPS) is 11.4. The molecule has 0 radical (unpaired) electrons. The van der Waals surface area contributed by atoms with Crippen LogP contribution in [0.25, 0.3) is 10.9 Å².